The van der Waals surface area contributed by atoms with Crippen molar-refractivity contribution in [2.75, 3.05) is 6.79 Å². The van der Waals surface area contributed by atoms with Crippen molar-refractivity contribution in [3.05, 3.63) is 47.8 Å². The smallest absolute Gasteiger partial charge is 0.381 e. The van der Waals surface area contributed by atoms with E-state index >= 15 is 0 Å². The second kappa shape index (κ2) is 4.96. The minimum atomic E-state index is -0.612. The zero-order valence-electron chi connectivity index (χ0n) is 10.3. The minimum absolute atomic E-state index is 0.0724. The van der Waals surface area contributed by atoms with E-state index in [1.165, 1.54) is 0 Å². The summed E-state index contributed by atoms with van der Waals surface area (Å²) in [6, 6.07) is 8.35. The van der Waals surface area contributed by atoms with Crippen LogP contribution in [0.25, 0.3) is 0 Å². The topological polar surface area (TPSA) is 98.9 Å². The van der Waals surface area contributed by atoms with E-state index in [9.17, 15) is 4.79 Å². The lowest BCUT2D eigenvalue weighted by Gasteiger charge is -2.02. The third kappa shape index (κ3) is 2.28. The number of fused-ring (bicyclic) bond motifs is 1. The summed E-state index contributed by atoms with van der Waals surface area (Å²) >= 11 is 0. The molecule has 0 atom stereocenters. The van der Waals surface area contributed by atoms with Gasteiger partial charge in [0.25, 0.3) is 0 Å². The number of hydrogen-bond acceptors (Lipinski definition) is 5. The number of oxime groups is 1. The number of nitrogens with one attached hydrogen (secondary N) is 1. The van der Waals surface area contributed by atoms with Crippen LogP contribution in [0.2, 0.25) is 0 Å². The van der Waals surface area contributed by atoms with Gasteiger partial charge in [0.15, 0.2) is 17.3 Å². The second-order valence-electron chi connectivity index (χ2n) is 4.01. The first-order valence-corrected chi connectivity index (χ1v) is 5.82. The molecule has 7 heteroatoms. The van der Waals surface area contributed by atoms with Crippen LogP contribution in [0, 0.1) is 0 Å². The molecule has 1 aliphatic heterocycles. The van der Waals surface area contributed by atoms with Gasteiger partial charge in [0.2, 0.25) is 6.79 Å². The Kier molecular flexibility index (Phi) is 3.00. The Morgan fingerprint density at radius 2 is 2.15 bits per heavy atom. The predicted octanol–water partition coefficient (Wildman–Crippen LogP) is 1.22. The molecule has 0 unspecified atom stereocenters. The van der Waals surface area contributed by atoms with Gasteiger partial charge in [-0.05, 0) is 30.3 Å². The van der Waals surface area contributed by atoms with Crippen LogP contribution in [-0.4, -0.2) is 23.6 Å². The molecule has 7 nitrogen and oxygen atoms in total. The highest BCUT2D eigenvalue weighted by Crippen LogP contribution is 2.32. The van der Waals surface area contributed by atoms with E-state index in [2.05, 4.69) is 10.1 Å². The van der Waals surface area contributed by atoms with E-state index in [1.807, 2.05) is 0 Å². The van der Waals surface area contributed by atoms with Crippen LogP contribution in [0.5, 0.6) is 11.5 Å². The maximum atomic E-state index is 11.6. The molecule has 0 fully saturated rings. The summed E-state index contributed by atoms with van der Waals surface area (Å²) in [7, 11) is 0. The summed E-state index contributed by atoms with van der Waals surface area (Å²) in [6.45, 7) is 0.178. The molecule has 0 saturated heterocycles. The molecule has 0 bridgehead atoms. The highest BCUT2D eigenvalue weighted by molar-refractivity contribution is 5.98. The van der Waals surface area contributed by atoms with E-state index in [1.54, 1.807) is 36.5 Å². The number of H-pyrrole nitrogens is 1. The zero-order valence-corrected chi connectivity index (χ0v) is 10.3. The van der Waals surface area contributed by atoms with Crippen LogP contribution in [0.15, 0.2) is 41.7 Å². The maximum absolute atomic E-state index is 11.6. The van der Waals surface area contributed by atoms with Gasteiger partial charge < -0.3 is 25.0 Å². The maximum Gasteiger partial charge on any atom is 0.381 e. The van der Waals surface area contributed by atoms with E-state index < -0.39 is 5.97 Å². The van der Waals surface area contributed by atoms with Crippen molar-refractivity contribution in [3.8, 4) is 11.5 Å². The number of aromatic nitrogens is 1. The van der Waals surface area contributed by atoms with Gasteiger partial charge >= 0.3 is 5.97 Å². The molecule has 1 aromatic carbocycles. The molecule has 1 aromatic heterocycles. The first kappa shape index (κ1) is 12.1. The Balaban J connectivity index is 1.73. The van der Waals surface area contributed by atoms with Gasteiger partial charge in [0.05, 0.1) is 0 Å². The molecule has 2 heterocycles. The van der Waals surface area contributed by atoms with Crippen molar-refractivity contribution in [2.24, 2.45) is 10.9 Å². The van der Waals surface area contributed by atoms with Crippen molar-refractivity contribution < 1.29 is 19.1 Å². The van der Waals surface area contributed by atoms with Crippen LogP contribution in [0.4, 0.5) is 0 Å². The van der Waals surface area contributed by atoms with Crippen LogP contribution < -0.4 is 15.2 Å². The molecule has 0 amide bonds. The van der Waals surface area contributed by atoms with Crippen LogP contribution >= 0.6 is 0 Å². The minimum Gasteiger partial charge on any atom is -0.454 e. The first-order valence-electron chi connectivity index (χ1n) is 5.82. The average Bonchev–Trinajstić information content (AvgIpc) is 3.13. The first-order chi connectivity index (χ1) is 9.74. The molecule has 0 spiro atoms. The standard InChI is InChI=1S/C13H11N3O4/c14-12(16-20-13(17)9-2-1-5-15-9)8-3-4-10-11(6-8)19-7-18-10/h1-6,15H,7H2,(H2,14,16). The van der Waals surface area contributed by atoms with Gasteiger partial charge in [-0.25, -0.2) is 4.79 Å². The van der Waals surface area contributed by atoms with Crippen molar-refractivity contribution in [1.82, 2.24) is 4.98 Å². The number of benzene rings is 1. The van der Waals surface area contributed by atoms with Gasteiger partial charge in [-0.3, -0.25) is 0 Å². The largest absolute Gasteiger partial charge is 0.454 e. The number of amidine groups is 1. The highest BCUT2D eigenvalue weighted by Gasteiger charge is 2.15. The third-order valence-electron chi connectivity index (χ3n) is 2.71. The summed E-state index contributed by atoms with van der Waals surface area (Å²) in [4.78, 5) is 19.0. The summed E-state index contributed by atoms with van der Waals surface area (Å²) in [5.74, 6) is 0.683. The Bertz CT molecular complexity index is 664. The molecule has 3 rings (SSSR count). The number of rotatable bonds is 3. The quantitative estimate of drug-likeness (QED) is 0.379. The van der Waals surface area contributed by atoms with Gasteiger partial charge in [-0.1, -0.05) is 5.16 Å². The van der Waals surface area contributed by atoms with Crippen LogP contribution in [-0.2, 0) is 4.84 Å². The summed E-state index contributed by atoms with van der Waals surface area (Å²) < 4.78 is 10.4. The van der Waals surface area contributed by atoms with Gasteiger partial charge in [0, 0.05) is 11.8 Å². The fourth-order valence-corrected chi connectivity index (χ4v) is 1.71. The highest BCUT2D eigenvalue weighted by atomic mass is 16.7. The van der Waals surface area contributed by atoms with E-state index in [0.29, 0.717) is 22.8 Å². The lowest BCUT2D eigenvalue weighted by molar-refractivity contribution is 0.0510. The normalized spacial score (nSPS) is 13.3. The van der Waals surface area contributed by atoms with E-state index in [0.717, 1.165) is 0 Å². The van der Waals surface area contributed by atoms with Crippen molar-refractivity contribution >= 4 is 11.8 Å². The fourth-order valence-electron chi connectivity index (χ4n) is 1.71. The van der Waals surface area contributed by atoms with Gasteiger partial charge in [0.1, 0.15) is 5.69 Å². The average molecular weight is 273 g/mol. The molecule has 0 aliphatic carbocycles. The van der Waals surface area contributed by atoms with Crippen molar-refractivity contribution in [2.45, 2.75) is 0 Å². The van der Waals surface area contributed by atoms with Crippen molar-refractivity contribution in [3.63, 3.8) is 0 Å². The Hall–Kier alpha value is -2.96. The lowest BCUT2D eigenvalue weighted by Crippen LogP contribution is -2.15. The molecule has 2 aromatic rings. The van der Waals surface area contributed by atoms with Crippen LogP contribution in [0.3, 0.4) is 0 Å². The number of aromatic amines is 1. The molecule has 102 valence electrons. The number of carbonyl (C=O) groups excluding carboxylic acids is 1. The molecular formula is C13H11N3O4. The summed E-state index contributed by atoms with van der Waals surface area (Å²) in [5, 5.41) is 3.60. The molecule has 1 aliphatic rings. The SMILES string of the molecule is N/C(=N/OC(=O)c1ccc[nH]1)c1ccc2c(c1)OCO2. The fraction of sp³-hybridized carbons (Fsp3) is 0.0769. The second-order valence-corrected chi connectivity index (χ2v) is 4.01. The number of ether oxygens (including phenoxy) is 2. The number of carbonyl (C=O) groups is 1. The van der Waals surface area contributed by atoms with Crippen molar-refractivity contribution in [1.29, 1.82) is 0 Å². The number of nitrogens with two attached hydrogens (primary N) is 1. The molecule has 0 radical (unpaired) electrons. The zero-order chi connectivity index (χ0) is 13.9. The molecular weight excluding hydrogens is 262 g/mol. The number of hydrogen-bond donors (Lipinski definition) is 2. The summed E-state index contributed by atoms with van der Waals surface area (Å²) in [5.41, 5.74) is 6.63. The Morgan fingerprint density at radius 3 is 2.95 bits per heavy atom. The Morgan fingerprint density at radius 1 is 1.30 bits per heavy atom. The van der Waals surface area contributed by atoms with E-state index in [-0.39, 0.29) is 12.6 Å². The molecule has 3 N–H and O–H groups in total. The van der Waals surface area contributed by atoms with Gasteiger partial charge in [-0.2, -0.15) is 0 Å². The van der Waals surface area contributed by atoms with Gasteiger partial charge in [-0.15, -0.1) is 0 Å². The number of nitrogens with zero attached hydrogens (tertiary/aromatic N) is 1. The monoisotopic (exact) mass is 273 g/mol. The third-order valence-corrected chi connectivity index (χ3v) is 2.71. The lowest BCUT2D eigenvalue weighted by atomic mass is 10.2. The molecule has 0 saturated carbocycles. The van der Waals surface area contributed by atoms with E-state index in [4.69, 9.17) is 20.0 Å². The summed E-state index contributed by atoms with van der Waals surface area (Å²) in [6.07, 6.45) is 1.61. The predicted molar refractivity (Wildman–Crippen MR) is 69.5 cm³/mol. The van der Waals surface area contributed by atoms with Crippen LogP contribution in [0.1, 0.15) is 16.1 Å². The Labute approximate surface area is 113 Å². The molecule has 20 heavy (non-hydrogen) atoms.